The lowest BCUT2D eigenvalue weighted by molar-refractivity contribution is 0.0949. The highest BCUT2D eigenvalue weighted by Gasteiger charge is 2.37. The third kappa shape index (κ3) is 4.93. The number of methoxy groups -OCH3 is 3. The number of hydrogen-bond donors (Lipinski definition) is 1. The molecule has 4 aromatic rings. The molecule has 0 unspecified atom stereocenters. The second-order valence-electron chi connectivity index (χ2n) is 9.26. The molecule has 0 aliphatic carbocycles. The average molecular weight is 567 g/mol. The maximum atomic E-state index is 13.7. The zero-order chi connectivity index (χ0) is 28.4. The summed E-state index contributed by atoms with van der Waals surface area (Å²) in [6.07, 6.45) is 2.28. The molecule has 5 rings (SSSR count). The first-order chi connectivity index (χ1) is 19.3. The number of benzene rings is 2. The number of hydrogen-bond acceptors (Lipinski definition) is 10. The molecule has 1 N–H and O–H groups in total. The second kappa shape index (κ2) is 11.1. The summed E-state index contributed by atoms with van der Waals surface area (Å²) in [7, 11) is 0.342. The molecule has 13 heteroatoms. The van der Waals surface area contributed by atoms with Crippen molar-refractivity contribution in [1.82, 2.24) is 24.7 Å². The predicted molar refractivity (Wildman–Crippen MR) is 147 cm³/mol. The summed E-state index contributed by atoms with van der Waals surface area (Å²) in [5.74, 6) is 1.91. The van der Waals surface area contributed by atoms with E-state index in [0.29, 0.717) is 29.6 Å². The smallest absolute Gasteiger partial charge is 0.243 e. The van der Waals surface area contributed by atoms with Gasteiger partial charge in [-0.3, -0.25) is 9.29 Å². The Bertz CT molecular complexity index is 1590. The minimum absolute atomic E-state index is 0.0475. The molecule has 0 amide bonds. The zero-order valence-electron chi connectivity index (χ0n) is 22.7. The largest absolute Gasteiger partial charge is 0.494 e. The van der Waals surface area contributed by atoms with Crippen molar-refractivity contribution < 1.29 is 27.4 Å². The molecule has 0 bridgehead atoms. The van der Waals surface area contributed by atoms with E-state index in [1.54, 1.807) is 35.2 Å². The van der Waals surface area contributed by atoms with Gasteiger partial charge in [-0.2, -0.15) is 0 Å². The van der Waals surface area contributed by atoms with Gasteiger partial charge in [0.15, 0.2) is 11.6 Å². The Kier molecular flexibility index (Phi) is 7.59. The van der Waals surface area contributed by atoms with E-state index in [0.717, 1.165) is 16.9 Å². The predicted octanol–water partition coefficient (Wildman–Crippen LogP) is 3.43. The van der Waals surface area contributed by atoms with Crippen molar-refractivity contribution in [2.45, 2.75) is 31.1 Å². The van der Waals surface area contributed by atoms with Gasteiger partial charge in [-0.05, 0) is 37.6 Å². The van der Waals surface area contributed by atoms with Crippen molar-refractivity contribution in [1.29, 1.82) is 0 Å². The van der Waals surface area contributed by atoms with Crippen LogP contribution in [0.1, 0.15) is 41.7 Å². The van der Waals surface area contributed by atoms with Crippen molar-refractivity contribution in [3.8, 4) is 22.9 Å². The molecular weight excluding hydrogens is 536 g/mol. The van der Waals surface area contributed by atoms with Crippen LogP contribution in [0.2, 0.25) is 0 Å². The minimum Gasteiger partial charge on any atom is -0.494 e. The number of aryl methyl sites for hydroxylation is 1. The van der Waals surface area contributed by atoms with E-state index < -0.39 is 21.4 Å². The van der Waals surface area contributed by atoms with Crippen LogP contribution in [0, 0.1) is 6.92 Å². The molecule has 0 saturated carbocycles. The number of rotatable bonds is 10. The topological polar surface area (TPSA) is 140 Å². The summed E-state index contributed by atoms with van der Waals surface area (Å²) in [6.45, 7) is 3.67. The molecule has 0 radical (unpaired) electrons. The Morgan fingerprint density at radius 1 is 1.00 bits per heavy atom. The lowest BCUT2D eigenvalue weighted by atomic mass is 10.0. The van der Waals surface area contributed by atoms with Gasteiger partial charge in [0.1, 0.15) is 40.9 Å². The van der Waals surface area contributed by atoms with Crippen molar-refractivity contribution in [3.05, 3.63) is 77.6 Å². The fourth-order valence-electron chi connectivity index (χ4n) is 4.68. The van der Waals surface area contributed by atoms with Gasteiger partial charge < -0.3 is 18.9 Å². The van der Waals surface area contributed by atoms with Gasteiger partial charge in [0.2, 0.25) is 16.0 Å². The molecule has 2 aromatic heterocycles. The molecular formula is C27H30N6O6S. The van der Waals surface area contributed by atoms with E-state index in [-0.39, 0.29) is 17.7 Å². The molecule has 2 aromatic carbocycles. The third-order valence-electron chi connectivity index (χ3n) is 6.78. The lowest BCUT2D eigenvalue weighted by Gasteiger charge is -2.23. The third-order valence-corrected chi connectivity index (χ3v) is 8.48. The van der Waals surface area contributed by atoms with E-state index in [1.807, 2.05) is 31.2 Å². The van der Waals surface area contributed by atoms with Crippen LogP contribution in [0.3, 0.4) is 0 Å². The molecule has 210 valence electrons. The molecule has 12 nitrogen and oxygen atoms in total. The molecule has 3 atom stereocenters. The molecule has 40 heavy (non-hydrogen) atoms. The fourth-order valence-corrected chi connectivity index (χ4v) is 5.81. The Balaban J connectivity index is 1.61. The number of aromatic nitrogens is 5. The van der Waals surface area contributed by atoms with E-state index >= 15 is 0 Å². The first kappa shape index (κ1) is 27.3. The number of nitrogens with one attached hydrogen (secondary N) is 1. The highest BCUT2D eigenvalue weighted by molar-refractivity contribution is 7.93. The van der Waals surface area contributed by atoms with Crippen molar-refractivity contribution in [2.75, 3.05) is 32.7 Å². The first-order valence-corrected chi connectivity index (χ1v) is 14.0. The highest BCUT2D eigenvalue weighted by Crippen LogP contribution is 2.42. The van der Waals surface area contributed by atoms with Crippen LogP contribution in [0.4, 0.5) is 5.95 Å². The number of anilines is 1. The number of para-hydroxylation sites is 2. The standard InChI is InChI=1S/C27H30N6O6S/c1-16-13-28-25(29-14-16)24(38-5)17(2)40(34,35)32-27-31-30-26(19-15-39-20-10-7-6-9-18(19)20)33(27)23-21(36-3)11-8-12-22(23)37-4/h6-14,17,19,24H,15H2,1-5H3,(H,31,32)/t17-,19-,24-/m0/s1. The molecule has 0 spiro atoms. The number of sulfonamides is 1. The van der Waals surface area contributed by atoms with E-state index in [1.165, 1.54) is 28.3 Å². The second-order valence-corrected chi connectivity index (χ2v) is 11.3. The van der Waals surface area contributed by atoms with Gasteiger partial charge in [-0.25, -0.2) is 18.4 Å². The molecule has 3 heterocycles. The SMILES string of the molecule is COc1cccc(OC)c1-n1c(NS(=O)(=O)[C@@H](C)[C@H](OC)c2ncc(C)cn2)nnc1[C@H]1COc2ccccc21. The molecule has 0 saturated heterocycles. The maximum Gasteiger partial charge on any atom is 0.243 e. The van der Waals surface area contributed by atoms with Gasteiger partial charge in [0.05, 0.1) is 20.1 Å². The molecule has 1 aliphatic heterocycles. The summed E-state index contributed by atoms with van der Waals surface area (Å²) in [6, 6.07) is 12.9. The first-order valence-electron chi connectivity index (χ1n) is 12.5. The molecule has 1 aliphatic rings. The van der Waals surface area contributed by atoms with Crippen LogP contribution in [0.25, 0.3) is 5.69 Å². The number of fused-ring (bicyclic) bond motifs is 1. The Morgan fingerprint density at radius 3 is 2.33 bits per heavy atom. The average Bonchev–Trinajstić information content (AvgIpc) is 3.57. The van der Waals surface area contributed by atoms with Crippen LogP contribution < -0.4 is 18.9 Å². The summed E-state index contributed by atoms with van der Waals surface area (Å²) < 4.78 is 54.5. The molecule has 0 fully saturated rings. The van der Waals surface area contributed by atoms with Gasteiger partial charge in [-0.1, -0.05) is 24.3 Å². The Labute approximate surface area is 232 Å². The Hall–Kier alpha value is -4.23. The van der Waals surface area contributed by atoms with E-state index in [9.17, 15) is 8.42 Å². The monoisotopic (exact) mass is 566 g/mol. The summed E-state index contributed by atoms with van der Waals surface area (Å²) >= 11 is 0. The van der Waals surface area contributed by atoms with Gasteiger partial charge >= 0.3 is 0 Å². The summed E-state index contributed by atoms with van der Waals surface area (Å²) in [5.41, 5.74) is 2.19. The Morgan fingerprint density at radius 2 is 1.68 bits per heavy atom. The lowest BCUT2D eigenvalue weighted by Crippen LogP contribution is -2.33. The summed E-state index contributed by atoms with van der Waals surface area (Å²) in [5, 5.41) is 7.63. The van der Waals surface area contributed by atoms with Gasteiger partial charge in [-0.15, -0.1) is 10.2 Å². The summed E-state index contributed by atoms with van der Waals surface area (Å²) in [4.78, 5) is 8.54. The fraction of sp³-hybridized carbons (Fsp3) is 0.333. The number of ether oxygens (including phenoxy) is 4. The van der Waals surface area contributed by atoms with E-state index in [4.69, 9.17) is 18.9 Å². The number of nitrogens with zero attached hydrogens (tertiary/aromatic N) is 5. The van der Waals surface area contributed by atoms with Crippen LogP contribution in [0.15, 0.2) is 54.9 Å². The minimum atomic E-state index is -4.11. The van der Waals surface area contributed by atoms with Crippen LogP contribution in [-0.2, 0) is 14.8 Å². The maximum absolute atomic E-state index is 13.7. The van der Waals surface area contributed by atoms with Gasteiger partial charge in [0.25, 0.3) is 0 Å². The highest BCUT2D eigenvalue weighted by atomic mass is 32.2. The van der Waals surface area contributed by atoms with Crippen molar-refractivity contribution in [3.63, 3.8) is 0 Å². The van der Waals surface area contributed by atoms with Crippen LogP contribution in [0.5, 0.6) is 17.2 Å². The quantitative estimate of drug-likeness (QED) is 0.304. The van der Waals surface area contributed by atoms with Crippen LogP contribution in [-0.4, -0.2) is 66.3 Å². The van der Waals surface area contributed by atoms with E-state index in [2.05, 4.69) is 24.9 Å². The van der Waals surface area contributed by atoms with Crippen molar-refractivity contribution >= 4 is 16.0 Å². The van der Waals surface area contributed by atoms with Crippen molar-refractivity contribution in [2.24, 2.45) is 0 Å². The normalized spacial score (nSPS) is 16.1. The van der Waals surface area contributed by atoms with Gasteiger partial charge in [0, 0.05) is 25.1 Å². The zero-order valence-corrected chi connectivity index (χ0v) is 23.5. The van der Waals surface area contributed by atoms with Crippen LogP contribution >= 0.6 is 0 Å².